The third-order valence-corrected chi connectivity index (χ3v) is 8.58. The lowest BCUT2D eigenvalue weighted by molar-refractivity contribution is 0.670. The van der Waals surface area contributed by atoms with E-state index < -0.39 is 0 Å². The number of hydrogen-bond donors (Lipinski definition) is 0. The molecule has 6 aromatic carbocycles. The summed E-state index contributed by atoms with van der Waals surface area (Å²) in [5.74, 6) is 0. The Morgan fingerprint density at radius 3 is 1.95 bits per heavy atom. The smallest absolute Gasteiger partial charge is 0.145 e. The number of aromatic nitrogens is 1. The number of benzene rings is 6. The maximum atomic E-state index is 6.80. The summed E-state index contributed by atoms with van der Waals surface area (Å²) in [7, 11) is 0. The fourth-order valence-electron chi connectivity index (χ4n) is 6.82. The second-order valence-corrected chi connectivity index (χ2v) is 10.7. The van der Waals surface area contributed by atoms with Crippen molar-refractivity contribution >= 4 is 43.5 Å². The van der Waals surface area contributed by atoms with Gasteiger partial charge in [0.25, 0.3) is 0 Å². The Balaban J connectivity index is 1.49. The van der Waals surface area contributed by atoms with Crippen LogP contribution in [0.1, 0.15) is 5.56 Å². The van der Waals surface area contributed by atoms with E-state index in [-0.39, 0.29) is 0 Å². The van der Waals surface area contributed by atoms with E-state index in [1.807, 2.05) is 0 Å². The minimum atomic E-state index is 0.903. The first-order chi connectivity index (χ1) is 19.8. The first kappa shape index (κ1) is 21.7. The Hall–Kier alpha value is -5.21. The molecule has 1 aliphatic carbocycles. The summed E-state index contributed by atoms with van der Waals surface area (Å²) in [6.07, 6.45) is 0. The summed E-state index contributed by atoms with van der Waals surface area (Å²) in [6.45, 7) is 2.19. The van der Waals surface area contributed by atoms with Crippen molar-refractivity contribution in [3.63, 3.8) is 0 Å². The lowest BCUT2D eigenvalue weighted by atomic mass is 9.91. The highest BCUT2D eigenvalue weighted by atomic mass is 16.3. The highest BCUT2D eigenvalue weighted by Gasteiger charge is 2.26. The molecule has 0 aliphatic heterocycles. The lowest BCUT2D eigenvalue weighted by Crippen LogP contribution is -1.96. The molecule has 9 rings (SSSR count). The molecule has 2 heterocycles. The molecule has 0 spiro atoms. The van der Waals surface area contributed by atoms with E-state index in [0.29, 0.717) is 0 Å². The first-order valence-electron chi connectivity index (χ1n) is 13.7. The summed E-state index contributed by atoms with van der Waals surface area (Å²) >= 11 is 0. The number of hydrogen-bond acceptors (Lipinski definition) is 2. The van der Waals surface area contributed by atoms with E-state index in [2.05, 4.69) is 128 Å². The van der Waals surface area contributed by atoms with Crippen molar-refractivity contribution in [1.29, 1.82) is 0 Å². The number of nitrogens with zero attached hydrogens (tertiary/aromatic N) is 1. The van der Waals surface area contributed by atoms with E-state index in [9.17, 15) is 0 Å². The molecule has 40 heavy (non-hydrogen) atoms. The summed E-state index contributed by atoms with van der Waals surface area (Å²) in [6, 6.07) is 43.2. The van der Waals surface area contributed by atoms with Crippen LogP contribution in [0.2, 0.25) is 0 Å². The van der Waals surface area contributed by atoms with Crippen LogP contribution in [-0.4, -0.2) is 4.98 Å². The van der Waals surface area contributed by atoms with Crippen LogP contribution in [-0.2, 0) is 0 Å². The van der Waals surface area contributed by atoms with Crippen molar-refractivity contribution in [1.82, 2.24) is 4.98 Å². The zero-order chi connectivity index (χ0) is 26.4. The Morgan fingerprint density at radius 1 is 0.500 bits per heavy atom. The lowest BCUT2D eigenvalue weighted by Gasteiger charge is -2.16. The number of furan rings is 1. The molecule has 0 saturated heterocycles. The van der Waals surface area contributed by atoms with Crippen molar-refractivity contribution in [2.45, 2.75) is 6.92 Å². The van der Waals surface area contributed by atoms with Crippen molar-refractivity contribution in [3.05, 3.63) is 127 Å². The quantitative estimate of drug-likeness (QED) is 0.232. The van der Waals surface area contributed by atoms with Crippen molar-refractivity contribution in [2.24, 2.45) is 0 Å². The van der Waals surface area contributed by atoms with Gasteiger partial charge in [0.1, 0.15) is 11.2 Å². The topological polar surface area (TPSA) is 26.0 Å². The predicted octanol–water partition coefficient (Wildman–Crippen LogP) is 10.6. The predicted molar refractivity (Wildman–Crippen MR) is 167 cm³/mol. The van der Waals surface area contributed by atoms with Crippen LogP contribution in [0.15, 0.2) is 126 Å². The van der Waals surface area contributed by atoms with Gasteiger partial charge in [-0.2, -0.15) is 0 Å². The van der Waals surface area contributed by atoms with Crippen LogP contribution in [0.25, 0.3) is 88.3 Å². The van der Waals surface area contributed by atoms with Crippen molar-refractivity contribution in [2.75, 3.05) is 0 Å². The molecule has 0 amide bonds. The number of rotatable bonds is 2. The molecule has 186 valence electrons. The molecule has 0 bridgehead atoms. The Labute approximate surface area is 231 Å². The number of fused-ring (bicyclic) bond motifs is 4. The molecule has 0 saturated carbocycles. The van der Waals surface area contributed by atoms with Crippen molar-refractivity contribution in [3.8, 4) is 44.8 Å². The van der Waals surface area contributed by atoms with Gasteiger partial charge in [-0.3, -0.25) is 0 Å². The molecule has 2 heteroatoms. The standard InChI is InChI=1S/C38H23NO/c1-22-25-14-5-8-17-30(25)37(23-11-3-2-4-12-23)39-36(22)31-21-24-13-9-18-28-26-15-6-7-16-27(26)29-19-10-20-32-34(29)35(33(24)28)38(31)40-32/h2-21H,1H3. The first-order valence-corrected chi connectivity index (χ1v) is 13.7. The maximum Gasteiger partial charge on any atom is 0.145 e. The van der Waals surface area contributed by atoms with Gasteiger partial charge in [0.2, 0.25) is 0 Å². The van der Waals surface area contributed by atoms with Crippen LogP contribution in [0, 0.1) is 6.92 Å². The van der Waals surface area contributed by atoms with Gasteiger partial charge in [0, 0.05) is 32.7 Å². The Kier molecular flexibility index (Phi) is 4.29. The van der Waals surface area contributed by atoms with E-state index >= 15 is 0 Å². The van der Waals surface area contributed by atoms with Crippen LogP contribution in [0.4, 0.5) is 0 Å². The van der Waals surface area contributed by atoms with E-state index in [1.165, 1.54) is 49.2 Å². The van der Waals surface area contributed by atoms with Gasteiger partial charge in [-0.15, -0.1) is 0 Å². The van der Waals surface area contributed by atoms with E-state index in [1.54, 1.807) is 0 Å². The molecule has 0 unspecified atom stereocenters. The molecule has 8 aromatic rings. The van der Waals surface area contributed by atoms with Gasteiger partial charge in [0.05, 0.1) is 11.4 Å². The minimum Gasteiger partial charge on any atom is -0.455 e. The molecule has 0 fully saturated rings. The SMILES string of the molecule is Cc1c(-c2cc3cccc4c3c3c2oc2cccc(c23)-c2ccccc2-4)nc(-c2ccccc2)c2ccccc12. The molecule has 0 radical (unpaired) electrons. The van der Waals surface area contributed by atoms with Crippen LogP contribution in [0.3, 0.4) is 0 Å². The van der Waals surface area contributed by atoms with E-state index in [0.717, 1.165) is 44.6 Å². The average molecular weight is 510 g/mol. The second kappa shape index (κ2) is 7.91. The summed E-state index contributed by atoms with van der Waals surface area (Å²) in [5.41, 5.74) is 12.0. The minimum absolute atomic E-state index is 0.903. The molecule has 2 aromatic heterocycles. The molecular weight excluding hydrogens is 486 g/mol. The fraction of sp³-hybridized carbons (Fsp3) is 0.0263. The monoisotopic (exact) mass is 509 g/mol. The average Bonchev–Trinajstić information content (AvgIpc) is 3.35. The molecule has 1 aliphatic rings. The highest BCUT2D eigenvalue weighted by Crippen LogP contribution is 2.51. The van der Waals surface area contributed by atoms with Crippen molar-refractivity contribution < 1.29 is 4.42 Å². The fourth-order valence-corrected chi connectivity index (χ4v) is 6.82. The zero-order valence-electron chi connectivity index (χ0n) is 21.9. The number of pyridine rings is 1. The van der Waals surface area contributed by atoms with Gasteiger partial charge >= 0.3 is 0 Å². The van der Waals surface area contributed by atoms with Gasteiger partial charge in [-0.05, 0) is 57.6 Å². The summed E-state index contributed by atoms with van der Waals surface area (Å²) in [4.78, 5) is 5.41. The van der Waals surface area contributed by atoms with Gasteiger partial charge in [0.15, 0.2) is 0 Å². The van der Waals surface area contributed by atoms with E-state index in [4.69, 9.17) is 9.40 Å². The Morgan fingerprint density at radius 2 is 1.15 bits per heavy atom. The third kappa shape index (κ3) is 2.80. The Bertz CT molecular complexity index is 2310. The second-order valence-electron chi connectivity index (χ2n) is 10.7. The normalized spacial score (nSPS) is 12.1. The van der Waals surface area contributed by atoms with Gasteiger partial charge < -0.3 is 4.42 Å². The summed E-state index contributed by atoms with van der Waals surface area (Å²) < 4.78 is 6.80. The third-order valence-electron chi connectivity index (χ3n) is 8.58. The molecule has 2 nitrogen and oxygen atoms in total. The highest BCUT2D eigenvalue weighted by molar-refractivity contribution is 6.31. The largest absolute Gasteiger partial charge is 0.455 e. The molecule has 0 N–H and O–H groups in total. The van der Waals surface area contributed by atoms with Crippen LogP contribution >= 0.6 is 0 Å². The molecular formula is C38H23NO. The zero-order valence-corrected chi connectivity index (χ0v) is 21.9. The van der Waals surface area contributed by atoms with Crippen LogP contribution < -0.4 is 0 Å². The van der Waals surface area contributed by atoms with Crippen LogP contribution in [0.5, 0.6) is 0 Å². The number of aryl methyl sites for hydroxylation is 1. The van der Waals surface area contributed by atoms with Gasteiger partial charge in [-0.1, -0.05) is 109 Å². The summed E-state index contributed by atoms with van der Waals surface area (Å²) in [5, 5.41) is 7.18. The maximum absolute atomic E-state index is 6.80. The van der Waals surface area contributed by atoms with Gasteiger partial charge in [-0.25, -0.2) is 4.98 Å². The molecule has 0 atom stereocenters.